The molecule has 0 aliphatic rings. The van der Waals surface area contributed by atoms with Crippen LogP contribution in [0.3, 0.4) is 0 Å². The highest BCUT2D eigenvalue weighted by Crippen LogP contribution is 2.09. The quantitative estimate of drug-likeness (QED) is 0.872. The maximum Gasteiger partial charge on any atom is 0.225 e. The fourth-order valence-electron chi connectivity index (χ4n) is 1.26. The van der Waals surface area contributed by atoms with E-state index in [9.17, 15) is 4.79 Å². The number of carbonyl (C=O) groups excluding carboxylic acids is 1. The number of hydrogen-bond acceptors (Lipinski definition) is 2. The lowest BCUT2D eigenvalue weighted by Crippen LogP contribution is -2.34. The van der Waals surface area contributed by atoms with Crippen LogP contribution in [0.5, 0.6) is 0 Å². The highest BCUT2D eigenvalue weighted by molar-refractivity contribution is 6.30. The summed E-state index contributed by atoms with van der Waals surface area (Å²) >= 11 is 5.73. The number of amides is 1. The van der Waals surface area contributed by atoms with Crippen LogP contribution >= 0.6 is 11.6 Å². The minimum Gasteiger partial charge on any atom is -0.340 e. The van der Waals surface area contributed by atoms with Gasteiger partial charge in [0.25, 0.3) is 0 Å². The van der Waals surface area contributed by atoms with Gasteiger partial charge in [-0.05, 0) is 24.1 Å². The van der Waals surface area contributed by atoms with Crippen molar-refractivity contribution in [2.24, 2.45) is 0 Å². The van der Waals surface area contributed by atoms with Gasteiger partial charge in [0.1, 0.15) is 6.04 Å². The zero-order valence-electron chi connectivity index (χ0n) is 9.03. The molecule has 0 spiro atoms. The molecule has 84 valence electrons. The van der Waals surface area contributed by atoms with Crippen molar-refractivity contribution in [1.82, 2.24) is 5.32 Å². The zero-order valence-corrected chi connectivity index (χ0v) is 9.79. The Bertz CT molecular complexity index is 394. The van der Waals surface area contributed by atoms with Crippen molar-refractivity contribution < 1.29 is 4.79 Å². The largest absolute Gasteiger partial charge is 0.340 e. The Morgan fingerprint density at radius 1 is 1.50 bits per heavy atom. The summed E-state index contributed by atoms with van der Waals surface area (Å²) in [5.74, 6) is -0.143. The number of nitriles is 1. The highest BCUT2D eigenvalue weighted by Gasteiger charge is 2.09. The Hall–Kier alpha value is -1.53. The van der Waals surface area contributed by atoms with Gasteiger partial charge in [0, 0.05) is 5.02 Å². The van der Waals surface area contributed by atoms with E-state index in [1.54, 1.807) is 24.3 Å². The van der Waals surface area contributed by atoms with Gasteiger partial charge in [-0.25, -0.2) is 0 Å². The van der Waals surface area contributed by atoms with Gasteiger partial charge in [0.05, 0.1) is 12.5 Å². The van der Waals surface area contributed by atoms with Crippen LogP contribution in [-0.4, -0.2) is 11.9 Å². The summed E-state index contributed by atoms with van der Waals surface area (Å²) in [4.78, 5) is 11.5. The number of benzene rings is 1. The van der Waals surface area contributed by atoms with Crippen LogP contribution in [0.2, 0.25) is 5.02 Å². The van der Waals surface area contributed by atoms with Crippen LogP contribution in [0.15, 0.2) is 24.3 Å². The van der Waals surface area contributed by atoms with Gasteiger partial charge in [-0.1, -0.05) is 30.7 Å². The first-order valence-electron chi connectivity index (χ1n) is 5.09. The van der Waals surface area contributed by atoms with Crippen LogP contribution in [0.25, 0.3) is 0 Å². The number of rotatable bonds is 4. The molecule has 0 aliphatic carbocycles. The van der Waals surface area contributed by atoms with Gasteiger partial charge in [-0.2, -0.15) is 5.26 Å². The molecule has 16 heavy (non-hydrogen) atoms. The fraction of sp³-hybridized carbons (Fsp3) is 0.333. The Kier molecular flexibility index (Phi) is 4.81. The predicted octanol–water partition coefficient (Wildman–Crippen LogP) is 2.30. The summed E-state index contributed by atoms with van der Waals surface area (Å²) in [6.07, 6.45) is 0.887. The van der Waals surface area contributed by atoms with Crippen LogP contribution < -0.4 is 5.32 Å². The van der Waals surface area contributed by atoms with E-state index in [1.165, 1.54) is 0 Å². The molecule has 1 rings (SSSR count). The van der Waals surface area contributed by atoms with Crippen molar-refractivity contribution in [3.63, 3.8) is 0 Å². The standard InChI is InChI=1S/C12H13ClN2O/c1-2-11(8-14)15-12(16)7-9-3-5-10(13)6-4-9/h3-6,11H,2,7H2,1H3,(H,15,16). The van der Waals surface area contributed by atoms with Crippen molar-refractivity contribution >= 4 is 17.5 Å². The average molecular weight is 237 g/mol. The first kappa shape index (κ1) is 12.5. The van der Waals surface area contributed by atoms with E-state index in [4.69, 9.17) is 16.9 Å². The van der Waals surface area contributed by atoms with E-state index in [0.717, 1.165) is 5.56 Å². The van der Waals surface area contributed by atoms with Crippen molar-refractivity contribution in [2.45, 2.75) is 25.8 Å². The maximum absolute atomic E-state index is 11.5. The first-order valence-corrected chi connectivity index (χ1v) is 5.47. The third-order valence-corrected chi connectivity index (χ3v) is 2.43. The van der Waals surface area contributed by atoms with Crippen molar-refractivity contribution in [3.8, 4) is 6.07 Å². The summed E-state index contributed by atoms with van der Waals surface area (Å²) in [5.41, 5.74) is 0.884. The van der Waals surface area contributed by atoms with Crippen LogP contribution in [0.1, 0.15) is 18.9 Å². The summed E-state index contributed by atoms with van der Waals surface area (Å²) in [7, 11) is 0. The van der Waals surface area contributed by atoms with Gasteiger partial charge in [0.2, 0.25) is 5.91 Å². The number of nitrogens with zero attached hydrogens (tertiary/aromatic N) is 1. The van der Waals surface area contributed by atoms with E-state index in [-0.39, 0.29) is 12.3 Å². The average Bonchev–Trinajstić information content (AvgIpc) is 2.29. The van der Waals surface area contributed by atoms with E-state index in [1.807, 2.05) is 13.0 Å². The van der Waals surface area contributed by atoms with Crippen molar-refractivity contribution in [3.05, 3.63) is 34.9 Å². The molecule has 1 unspecified atom stereocenters. The monoisotopic (exact) mass is 236 g/mol. The fourth-order valence-corrected chi connectivity index (χ4v) is 1.38. The molecule has 0 saturated carbocycles. The molecule has 0 fully saturated rings. The Morgan fingerprint density at radius 2 is 2.12 bits per heavy atom. The Balaban J connectivity index is 2.52. The molecule has 0 aliphatic heterocycles. The second kappa shape index (κ2) is 6.14. The number of halogens is 1. The van der Waals surface area contributed by atoms with Gasteiger partial charge >= 0.3 is 0 Å². The lowest BCUT2D eigenvalue weighted by Gasteiger charge is -2.08. The van der Waals surface area contributed by atoms with Gasteiger partial charge in [-0.3, -0.25) is 4.79 Å². The lowest BCUT2D eigenvalue weighted by molar-refractivity contribution is -0.120. The van der Waals surface area contributed by atoms with Crippen LogP contribution in [0.4, 0.5) is 0 Å². The Morgan fingerprint density at radius 3 is 2.62 bits per heavy atom. The van der Waals surface area contributed by atoms with E-state index < -0.39 is 6.04 Å². The van der Waals surface area contributed by atoms with E-state index in [0.29, 0.717) is 11.4 Å². The molecular weight excluding hydrogens is 224 g/mol. The second-order valence-electron chi connectivity index (χ2n) is 3.46. The molecule has 1 N–H and O–H groups in total. The second-order valence-corrected chi connectivity index (χ2v) is 3.90. The smallest absolute Gasteiger partial charge is 0.225 e. The summed E-state index contributed by atoms with van der Waals surface area (Å²) in [5, 5.41) is 12.0. The minimum atomic E-state index is -0.403. The third-order valence-electron chi connectivity index (χ3n) is 2.18. The minimum absolute atomic E-state index is 0.143. The summed E-state index contributed by atoms with van der Waals surface area (Å²) in [6, 6.07) is 8.71. The van der Waals surface area contributed by atoms with Gasteiger partial charge in [0.15, 0.2) is 0 Å². The van der Waals surface area contributed by atoms with E-state index in [2.05, 4.69) is 5.32 Å². The topological polar surface area (TPSA) is 52.9 Å². The maximum atomic E-state index is 11.5. The molecule has 1 atom stereocenters. The molecule has 1 aromatic carbocycles. The third kappa shape index (κ3) is 3.92. The summed E-state index contributed by atoms with van der Waals surface area (Å²) < 4.78 is 0. The van der Waals surface area contributed by atoms with Crippen LogP contribution in [0, 0.1) is 11.3 Å². The molecule has 0 bridgehead atoms. The lowest BCUT2D eigenvalue weighted by atomic mass is 10.1. The molecule has 0 heterocycles. The summed E-state index contributed by atoms with van der Waals surface area (Å²) in [6.45, 7) is 1.86. The predicted molar refractivity (Wildman–Crippen MR) is 63.0 cm³/mol. The highest BCUT2D eigenvalue weighted by atomic mass is 35.5. The molecular formula is C12H13ClN2O. The molecule has 4 heteroatoms. The molecule has 1 amide bonds. The van der Waals surface area contributed by atoms with Gasteiger partial charge < -0.3 is 5.32 Å². The molecule has 1 aromatic rings. The SMILES string of the molecule is CCC(C#N)NC(=O)Cc1ccc(Cl)cc1. The normalized spacial score (nSPS) is 11.6. The molecule has 0 radical (unpaired) electrons. The van der Waals surface area contributed by atoms with Gasteiger partial charge in [-0.15, -0.1) is 0 Å². The van der Waals surface area contributed by atoms with E-state index >= 15 is 0 Å². The number of carbonyl (C=O) groups is 1. The van der Waals surface area contributed by atoms with Crippen molar-refractivity contribution in [1.29, 1.82) is 5.26 Å². The zero-order chi connectivity index (χ0) is 12.0. The molecule has 3 nitrogen and oxygen atoms in total. The molecule has 0 saturated heterocycles. The van der Waals surface area contributed by atoms with Crippen molar-refractivity contribution in [2.75, 3.05) is 0 Å². The Labute approximate surface area is 100 Å². The number of nitrogens with one attached hydrogen (secondary N) is 1. The number of hydrogen-bond donors (Lipinski definition) is 1. The van der Waals surface area contributed by atoms with Crippen LogP contribution in [-0.2, 0) is 11.2 Å². The molecule has 0 aromatic heterocycles. The first-order chi connectivity index (χ1) is 7.65.